The molecule has 2 aliphatic heterocycles. The zero-order valence-corrected chi connectivity index (χ0v) is 16.9. The van der Waals surface area contributed by atoms with Crippen LogP contribution in [0.1, 0.15) is 28.8 Å². The van der Waals surface area contributed by atoms with Crippen LogP contribution < -0.4 is 0 Å². The van der Waals surface area contributed by atoms with Gasteiger partial charge in [-0.2, -0.15) is 0 Å². The van der Waals surface area contributed by atoms with Crippen molar-refractivity contribution in [1.82, 2.24) is 14.9 Å². The number of rotatable bonds is 3. The SMILES string of the molecule is Cc1ccc2[nH]cc(CCN3CCC4(C3)OCCc3c4[nH]c4ccccc34)c2c1. The largest absolute Gasteiger partial charge is 0.367 e. The number of hydrogen-bond donors (Lipinski definition) is 2. The summed E-state index contributed by atoms with van der Waals surface area (Å²) in [5.41, 5.74) is 7.86. The monoisotopic (exact) mass is 385 g/mol. The summed E-state index contributed by atoms with van der Waals surface area (Å²) in [7, 11) is 0. The molecule has 4 aromatic rings. The van der Waals surface area contributed by atoms with E-state index in [1.165, 1.54) is 44.2 Å². The van der Waals surface area contributed by atoms with E-state index < -0.39 is 0 Å². The predicted molar refractivity (Wildman–Crippen MR) is 117 cm³/mol. The van der Waals surface area contributed by atoms with Gasteiger partial charge in [-0.25, -0.2) is 0 Å². The molecule has 148 valence electrons. The highest BCUT2D eigenvalue weighted by Gasteiger charge is 2.45. The molecule has 2 aromatic carbocycles. The van der Waals surface area contributed by atoms with E-state index in [4.69, 9.17) is 4.74 Å². The molecule has 0 amide bonds. The van der Waals surface area contributed by atoms with E-state index in [9.17, 15) is 0 Å². The number of nitrogens with zero attached hydrogens (tertiary/aromatic N) is 1. The molecule has 1 atom stereocenters. The van der Waals surface area contributed by atoms with E-state index >= 15 is 0 Å². The number of aryl methyl sites for hydroxylation is 1. The minimum atomic E-state index is -0.163. The molecule has 29 heavy (non-hydrogen) atoms. The Balaban J connectivity index is 1.24. The van der Waals surface area contributed by atoms with Gasteiger partial charge in [0.05, 0.1) is 12.3 Å². The molecule has 4 heterocycles. The Labute approximate surface area is 170 Å². The zero-order valence-electron chi connectivity index (χ0n) is 16.9. The summed E-state index contributed by atoms with van der Waals surface area (Å²) in [6.07, 6.45) is 5.33. The molecule has 0 radical (unpaired) electrons. The van der Waals surface area contributed by atoms with Gasteiger partial charge in [-0.05, 0) is 55.5 Å². The first-order chi connectivity index (χ1) is 14.2. The van der Waals surface area contributed by atoms with E-state index in [0.717, 1.165) is 45.5 Å². The van der Waals surface area contributed by atoms with Crippen LogP contribution in [0.3, 0.4) is 0 Å². The highest BCUT2D eigenvalue weighted by molar-refractivity contribution is 5.85. The summed E-state index contributed by atoms with van der Waals surface area (Å²) < 4.78 is 6.46. The van der Waals surface area contributed by atoms with Gasteiger partial charge in [0.1, 0.15) is 5.60 Å². The van der Waals surface area contributed by atoms with Crippen molar-refractivity contribution in [3.05, 3.63) is 71.0 Å². The van der Waals surface area contributed by atoms with E-state index in [0.29, 0.717) is 0 Å². The number of ether oxygens (including phenoxy) is 1. The fraction of sp³-hybridized carbons (Fsp3) is 0.360. The fourth-order valence-corrected chi connectivity index (χ4v) is 5.42. The quantitative estimate of drug-likeness (QED) is 0.538. The highest BCUT2D eigenvalue weighted by Crippen LogP contribution is 2.42. The molecular formula is C25H27N3O. The van der Waals surface area contributed by atoms with Crippen LogP contribution in [-0.2, 0) is 23.2 Å². The Morgan fingerprint density at radius 3 is 3.00 bits per heavy atom. The van der Waals surface area contributed by atoms with Gasteiger partial charge in [0.2, 0.25) is 0 Å². The van der Waals surface area contributed by atoms with Crippen molar-refractivity contribution in [3.63, 3.8) is 0 Å². The lowest BCUT2D eigenvalue weighted by atomic mass is 9.90. The minimum absolute atomic E-state index is 0.163. The van der Waals surface area contributed by atoms with E-state index in [2.05, 4.69) is 70.5 Å². The van der Waals surface area contributed by atoms with Gasteiger partial charge in [-0.1, -0.05) is 29.8 Å². The normalized spacial score (nSPS) is 22.1. The summed E-state index contributed by atoms with van der Waals surface area (Å²) in [6, 6.07) is 15.3. The summed E-state index contributed by atoms with van der Waals surface area (Å²) in [5.74, 6) is 0. The maximum atomic E-state index is 6.46. The van der Waals surface area contributed by atoms with Gasteiger partial charge in [0.25, 0.3) is 0 Å². The maximum absolute atomic E-state index is 6.46. The molecule has 6 rings (SSSR count). The zero-order chi connectivity index (χ0) is 19.4. The third-order valence-electron chi connectivity index (χ3n) is 6.93. The van der Waals surface area contributed by atoms with E-state index in [1.54, 1.807) is 0 Å². The molecular weight excluding hydrogens is 358 g/mol. The number of likely N-dealkylation sites (tertiary alicyclic amines) is 1. The Morgan fingerprint density at radius 2 is 2.03 bits per heavy atom. The molecule has 2 aromatic heterocycles. The lowest BCUT2D eigenvalue weighted by molar-refractivity contribution is -0.0542. The number of fused-ring (bicyclic) bond motifs is 5. The van der Waals surface area contributed by atoms with Crippen molar-refractivity contribution in [1.29, 1.82) is 0 Å². The van der Waals surface area contributed by atoms with Crippen LogP contribution in [0.2, 0.25) is 0 Å². The standard InChI is InChI=1S/C25H27N3O/c1-17-6-7-22-21(14-17)18(15-26-22)8-11-28-12-10-25(16-28)24-20(9-13-29-25)19-4-2-3-5-23(19)27-24/h2-7,14-15,26-27H,8-13,16H2,1H3. The Bertz CT molecular complexity index is 1200. The van der Waals surface area contributed by atoms with Crippen LogP contribution in [0.15, 0.2) is 48.7 Å². The minimum Gasteiger partial charge on any atom is -0.367 e. The number of para-hydroxylation sites is 1. The Hall–Kier alpha value is -2.56. The molecule has 0 saturated carbocycles. The van der Waals surface area contributed by atoms with Gasteiger partial charge in [-0.3, -0.25) is 4.90 Å². The third-order valence-corrected chi connectivity index (χ3v) is 6.93. The van der Waals surface area contributed by atoms with Gasteiger partial charge < -0.3 is 14.7 Å². The maximum Gasteiger partial charge on any atom is 0.122 e. The second-order valence-electron chi connectivity index (χ2n) is 8.76. The van der Waals surface area contributed by atoms with Gasteiger partial charge in [0, 0.05) is 47.6 Å². The highest BCUT2D eigenvalue weighted by atomic mass is 16.5. The van der Waals surface area contributed by atoms with Gasteiger partial charge in [-0.15, -0.1) is 0 Å². The molecule has 1 fully saturated rings. The first kappa shape index (κ1) is 17.3. The fourth-order valence-electron chi connectivity index (χ4n) is 5.42. The second-order valence-corrected chi connectivity index (χ2v) is 8.76. The average Bonchev–Trinajstić information content (AvgIpc) is 3.43. The number of aromatic amines is 2. The van der Waals surface area contributed by atoms with Crippen LogP contribution in [0, 0.1) is 6.92 Å². The van der Waals surface area contributed by atoms with Crippen LogP contribution in [0.5, 0.6) is 0 Å². The number of hydrogen-bond acceptors (Lipinski definition) is 2. The molecule has 1 unspecified atom stereocenters. The lowest BCUT2D eigenvalue weighted by Gasteiger charge is -2.34. The topological polar surface area (TPSA) is 44.0 Å². The number of benzene rings is 2. The predicted octanol–water partition coefficient (Wildman–Crippen LogP) is 4.67. The van der Waals surface area contributed by atoms with Crippen molar-refractivity contribution in [2.45, 2.75) is 31.8 Å². The van der Waals surface area contributed by atoms with Gasteiger partial charge >= 0.3 is 0 Å². The van der Waals surface area contributed by atoms with Crippen LogP contribution in [-0.4, -0.2) is 41.1 Å². The van der Waals surface area contributed by atoms with Crippen molar-refractivity contribution in [3.8, 4) is 0 Å². The lowest BCUT2D eigenvalue weighted by Crippen LogP contribution is -2.39. The molecule has 1 saturated heterocycles. The van der Waals surface area contributed by atoms with Crippen LogP contribution >= 0.6 is 0 Å². The summed E-state index contributed by atoms with van der Waals surface area (Å²) in [4.78, 5) is 9.72. The molecule has 4 heteroatoms. The second kappa shape index (κ2) is 6.48. The molecule has 4 nitrogen and oxygen atoms in total. The molecule has 1 spiro atoms. The van der Waals surface area contributed by atoms with Gasteiger partial charge in [0.15, 0.2) is 0 Å². The molecule has 2 N–H and O–H groups in total. The van der Waals surface area contributed by atoms with Crippen LogP contribution in [0.4, 0.5) is 0 Å². The number of aromatic nitrogens is 2. The van der Waals surface area contributed by atoms with Crippen LogP contribution in [0.25, 0.3) is 21.8 Å². The first-order valence-electron chi connectivity index (χ1n) is 10.7. The first-order valence-corrected chi connectivity index (χ1v) is 10.7. The average molecular weight is 386 g/mol. The summed E-state index contributed by atoms with van der Waals surface area (Å²) in [6.45, 7) is 6.13. The van der Waals surface area contributed by atoms with Crippen molar-refractivity contribution >= 4 is 21.8 Å². The molecule has 0 aliphatic carbocycles. The van der Waals surface area contributed by atoms with E-state index in [-0.39, 0.29) is 5.60 Å². The van der Waals surface area contributed by atoms with E-state index in [1.807, 2.05) is 0 Å². The Morgan fingerprint density at radius 1 is 1.10 bits per heavy atom. The summed E-state index contributed by atoms with van der Waals surface area (Å²) in [5, 5.41) is 2.74. The van der Waals surface area contributed by atoms with Crippen molar-refractivity contribution in [2.75, 3.05) is 26.2 Å². The van der Waals surface area contributed by atoms with Crippen molar-refractivity contribution in [2.24, 2.45) is 0 Å². The Kier molecular flexibility index (Phi) is 3.87. The molecule has 0 bridgehead atoms. The van der Waals surface area contributed by atoms with Crippen molar-refractivity contribution < 1.29 is 4.74 Å². The number of nitrogens with one attached hydrogen (secondary N) is 2. The smallest absolute Gasteiger partial charge is 0.122 e. The molecule has 2 aliphatic rings. The number of H-pyrrole nitrogens is 2. The third kappa shape index (κ3) is 2.74. The summed E-state index contributed by atoms with van der Waals surface area (Å²) >= 11 is 0.